The van der Waals surface area contributed by atoms with Crippen LogP contribution in [0.25, 0.3) is 0 Å². The second-order valence-corrected chi connectivity index (χ2v) is 6.40. The number of unbranched alkanes of at least 4 members (excludes halogenated alkanes) is 2. The van der Waals surface area contributed by atoms with Gasteiger partial charge in [0.25, 0.3) is 0 Å². The summed E-state index contributed by atoms with van der Waals surface area (Å²) in [5, 5.41) is 23.8. The van der Waals surface area contributed by atoms with Crippen LogP contribution in [0.15, 0.2) is 59.9 Å². The Hall–Kier alpha value is -3.40. The van der Waals surface area contributed by atoms with Gasteiger partial charge in [-0.15, -0.1) is 0 Å². The van der Waals surface area contributed by atoms with Crippen molar-refractivity contribution in [1.82, 2.24) is 10.3 Å². The van der Waals surface area contributed by atoms with E-state index >= 15 is 0 Å². The van der Waals surface area contributed by atoms with Gasteiger partial charge in [-0.05, 0) is 37.0 Å². The summed E-state index contributed by atoms with van der Waals surface area (Å²) in [6.07, 6.45) is 8.92. The van der Waals surface area contributed by atoms with Crippen LogP contribution in [0, 0.1) is 17.4 Å². The Labute approximate surface area is 165 Å². The fraction of sp³-hybridized carbons (Fsp3) is 0.333. The topological polar surface area (TPSA) is 110 Å². The number of aromatic nitrogens is 1. The summed E-state index contributed by atoms with van der Waals surface area (Å²) in [5.74, 6) is -0.722. The van der Waals surface area contributed by atoms with Crippen LogP contribution in [0.1, 0.15) is 31.2 Å². The van der Waals surface area contributed by atoms with Crippen molar-refractivity contribution in [1.29, 1.82) is 5.26 Å². The number of aliphatic carboxylic acids is 1. The minimum Gasteiger partial charge on any atom is -0.481 e. The number of benzene rings is 1. The third-order valence-electron chi connectivity index (χ3n) is 4.27. The number of hydrogen-bond donors (Lipinski definition) is 3. The molecule has 1 aromatic carbocycles. The predicted octanol–water partition coefficient (Wildman–Crippen LogP) is 3.42. The molecule has 2 rings (SSSR count). The van der Waals surface area contributed by atoms with E-state index in [2.05, 4.69) is 20.6 Å². The number of hydrogen-bond acceptors (Lipinski definition) is 4. The van der Waals surface area contributed by atoms with Crippen LogP contribution in [0.2, 0.25) is 0 Å². The van der Waals surface area contributed by atoms with E-state index in [4.69, 9.17) is 5.26 Å². The molecule has 0 unspecified atom stereocenters. The van der Waals surface area contributed by atoms with Crippen LogP contribution in [-0.4, -0.2) is 28.6 Å². The number of carboxylic acids is 1. The van der Waals surface area contributed by atoms with Crippen molar-refractivity contribution in [2.24, 2.45) is 10.9 Å². The molecule has 0 radical (unpaired) electrons. The molecule has 7 heteroatoms. The van der Waals surface area contributed by atoms with Gasteiger partial charge in [-0.25, -0.2) is 0 Å². The molecule has 0 bridgehead atoms. The first kappa shape index (κ1) is 20.9. The molecule has 146 valence electrons. The number of carboxylic acid groups (broad SMARTS) is 1. The summed E-state index contributed by atoms with van der Waals surface area (Å²) in [6, 6.07) is 13.3. The van der Waals surface area contributed by atoms with E-state index in [1.165, 1.54) is 0 Å². The zero-order valence-corrected chi connectivity index (χ0v) is 15.7. The molecular weight excluding hydrogens is 354 g/mol. The van der Waals surface area contributed by atoms with E-state index < -0.39 is 5.97 Å². The van der Waals surface area contributed by atoms with Crippen LogP contribution in [-0.2, 0) is 11.2 Å². The standard InChI is InChI=1S/C21H25N5O2/c22-16-25-21(26-19-10-13-23-14-11-19)24-12-6-2-5-9-18(20(27)28)15-17-7-3-1-4-8-17/h1,3-4,7-8,10-11,13-14,18H,2,5-6,9,12,15H2,(H,27,28)(H2,23,24,25,26)/t18-/m1/s1. The van der Waals surface area contributed by atoms with Gasteiger partial charge in [0, 0.05) is 24.6 Å². The normalized spacial score (nSPS) is 12.0. The van der Waals surface area contributed by atoms with E-state index in [-0.39, 0.29) is 5.92 Å². The average molecular weight is 379 g/mol. The van der Waals surface area contributed by atoms with Crippen LogP contribution in [0.4, 0.5) is 5.69 Å². The van der Waals surface area contributed by atoms with Gasteiger partial charge < -0.3 is 10.4 Å². The molecule has 3 N–H and O–H groups in total. The Balaban J connectivity index is 1.73. The average Bonchev–Trinajstić information content (AvgIpc) is 2.71. The van der Waals surface area contributed by atoms with Gasteiger partial charge in [0.05, 0.1) is 5.92 Å². The highest BCUT2D eigenvalue weighted by molar-refractivity contribution is 5.94. The molecule has 2 aromatic rings. The highest BCUT2D eigenvalue weighted by atomic mass is 16.4. The molecule has 0 spiro atoms. The molecule has 0 amide bonds. The number of nitrogens with zero attached hydrogens (tertiary/aromatic N) is 3. The lowest BCUT2D eigenvalue weighted by atomic mass is 9.94. The molecule has 0 aliphatic rings. The van der Waals surface area contributed by atoms with E-state index in [0.29, 0.717) is 25.3 Å². The van der Waals surface area contributed by atoms with E-state index in [9.17, 15) is 9.90 Å². The number of nitriles is 1. The second kappa shape index (κ2) is 12.1. The molecule has 28 heavy (non-hydrogen) atoms. The van der Waals surface area contributed by atoms with E-state index in [1.54, 1.807) is 24.5 Å². The first-order chi connectivity index (χ1) is 13.7. The summed E-state index contributed by atoms with van der Waals surface area (Å²) >= 11 is 0. The zero-order valence-electron chi connectivity index (χ0n) is 15.7. The van der Waals surface area contributed by atoms with Crippen LogP contribution in [0.5, 0.6) is 0 Å². The highest BCUT2D eigenvalue weighted by Gasteiger charge is 2.17. The maximum Gasteiger partial charge on any atom is 0.306 e. The number of pyridine rings is 1. The number of rotatable bonds is 10. The summed E-state index contributed by atoms with van der Waals surface area (Å²) in [6.45, 7) is 0.554. The fourth-order valence-corrected chi connectivity index (χ4v) is 2.82. The Bertz CT molecular complexity index is 787. The summed E-state index contributed by atoms with van der Waals surface area (Å²) < 4.78 is 0. The summed E-state index contributed by atoms with van der Waals surface area (Å²) in [5.41, 5.74) is 1.84. The Morgan fingerprint density at radius 1 is 1.14 bits per heavy atom. The van der Waals surface area contributed by atoms with Crippen LogP contribution in [0.3, 0.4) is 0 Å². The fourth-order valence-electron chi connectivity index (χ4n) is 2.82. The van der Waals surface area contributed by atoms with Crippen molar-refractivity contribution in [3.8, 4) is 6.19 Å². The lowest BCUT2D eigenvalue weighted by Gasteiger charge is -2.12. The molecular formula is C21H25N5O2. The largest absolute Gasteiger partial charge is 0.481 e. The molecule has 0 saturated carbocycles. The molecule has 1 aromatic heterocycles. The first-order valence-electron chi connectivity index (χ1n) is 9.32. The quantitative estimate of drug-likeness (QED) is 0.192. The molecule has 0 aliphatic carbocycles. The lowest BCUT2D eigenvalue weighted by Crippen LogP contribution is -2.27. The highest BCUT2D eigenvalue weighted by Crippen LogP contribution is 2.16. The molecule has 1 atom stereocenters. The molecule has 0 saturated heterocycles. The van der Waals surface area contributed by atoms with Gasteiger partial charge in [0.15, 0.2) is 6.19 Å². The molecule has 1 heterocycles. The third-order valence-corrected chi connectivity index (χ3v) is 4.27. The lowest BCUT2D eigenvalue weighted by molar-refractivity contribution is -0.142. The van der Waals surface area contributed by atoms with Crippen molar-refractivity contribution in [2.75, 3.05) is 11.9 Å². The van der Waals surface area contributed by atoms with Crippen molar-refractivity contribution < 1.29 is 9.90 Å². The summed E-state index contributed by atoms with van der Waals surface area (Å²) in [7, 11) is 0. The number of carbonyl (C=O) groups is 1. The molecule has 0 aliphatic heterocycles. The minimum atomic E-state index is -0.746. The monoisotopic (exact) mass is 379 g/mol. The van der Waals surface area contributed by atoms with E-state index in [0.717, 1.165) is 30.5 Å². The smallest absolute Gasteiger partial charge is 0.306 e. The Morgan fingerprint density at radius 3 is 2.57 bits per heavy atom. The van der Waals surface area contributed by atoms with Gasteiger partial charge in [0.2, 0.25) is 5.96 Å². The third kappa shape index (κ3) is 7.87. The maximum absolute atomic E-state index is 11.5. The predicted molar refractivity (Wildman–Crippen MR) is 109 cm³/mol. The molecule has 0 fully saturated rings. The van der Waals surface area contributed by atoms with Crippen molar-refractivity contribution in [3.63, 3.8) is 0 Å². The van der Waals surface area contributed by atoms with Gasteiger partial charge in [0.1, 0.15) is 0 Å². The number of aliphatic imine (C=N–C) groups is 1. The van der Waals surface area contributed by atoms with Crippen LogP contribution >= 0.6 is 0 Å². The number of guanidine groups is 1. The maximum atomic E-state index is 11.5. The van der Waals surface area contributed by atoms with Gasteiger partial charge in [-0.1, -0.05) is 43.2 Å². The molecule has 7 nitrogen and oxygen atoms in total. The van der Waals surface area contributed by atoms with Crippen LogP contribution < -0.4 is 10.6 Å². The number of anilines is 1. The Kier molecular flexibility index (Phi) is 9.01. The number of nitrogens with one attached hydrogen (secondary N) is 2. The van der Waals surface area contributed by atoms with E-state index in [1.807, 2.05) is 36.5 Å². The summed E-state index contributed by atoms with van der Waals surface area (Å²) in [4.78, 5) is 19.8. The SMILES string of the molecule is N#CNC(=NCCCCC[C@H](Cc1ccccc1)C(=O)O)Nc1ccncc1. The zero-order chi connectivity index (χ0) is 20.0. The van der Waals surface area contributed by atoms with Gasteiger partial charge >= 0.3 is 5.97 Å². The van der Waals surface area contributed by atoms with Gasteiger partial charge in [-0.3, -0.25) is 20.1 Å². The van der Waals surface area contributed by atoms with Crippen molar-refractivity contribution in [3.05, 3.63) is 60.4 Å². The van der Waals surface area contributed by atoms with Crippen molar-refractivity contribution >= 4 is 17.6 Å². The second-order valence-electron chi connectivity index (χ2n) is 6.40. The minimum absolute atomic E-state index is 0.366. The van der Waals surface area contributed by atoms with Crippen molar-refractivity contribution in [2.45, 2.75) is 32.1 Å². The Morgan fingerprint density at radius 2 is 1.89 bits per heavy atom. The first-order valence-corrected chi connectivity index (χ1v) is 9.32. The van der Waals surface area contributed by atoms with Gasteiger partial charge in [-0.2, -0.15) is 5.26 Å².